The summed E-state index contributed by atoms with van der Waals surface area (Å²) in [4.78, 5) is 88.0. The van der Waals surface area contributed by atoms with Crippen LogP contribution in [0.3, 0.4) is 0 Å². The second-order valence-corrected chi connectivity index (χ2v) is 19.3. The molecule has 4 N–H and O–H groups in total. The van der Waals surface area contributed by atoms with E-state index in [1.807, 2.05) is 0 Å². The Morgan fingerprint density at radius 2 is 0.878 bits per heavy atom. The number of ketones is 1. The van der Waals surface area contributed by atoms with Gasteiger partial charge in [-0.15, -0.1) is 0 Å². The molecule has 31 nitrogen and oxygen atoms in total. The van der Waals surface area contributed by atoms with Crippen molar-refractivity contribution in [1.82, 2.24) is 21.4 Å². The van der Waals surface area contributed by atoms with Crippen molar-refractivity contribution >= 4 is 35.6 Å². The van der Waals surface area contributed by atoms with Gasteiger partial charge in [0.05, 0.1) is 158 Å². The zero-order valence-corrected chi connectivity index (χ0v) is 49.2. The minimum absolute atomic E-state index is 0.0151. The standard InChI is InChI=1S/C51H94N10O21/c1-50(2,3)81-47(65)11-10-42(48(66)55-13-16-68-19-24-77-37-38-80-59-49(67)82-51(4,5)6)39-44(62)43(58-46(64)41-79-36-34-76-32-30-74-28-26-72-23-21-70-18-15-57-61-53)9-7-8-12-54-45(63)40-78-35-33-75-31-29-73-27-25-71-22-20-69-17-14-56-60-52/h42-43H,7-41H2,1-6H3,(H,54,63)(H,55,66)(H,58,64)(H,59,67)/t42-,43+/m0/s1. The van der Waals surface area contributed by atoms with Crippen molar-refractivity contribution in [1.29, 1.82) is 0 Å². The predicted octanol–water partition coefficient (Wildman–Crippen LogP) is 2.85. The number of nitrogens with one attached hydrogen (secondary N) is 4. The van der Waals surface area contributed by atoms with Gasteiger partial charge in [-0.25, -0.2) is 4.79 Å². The van der Waals surface area contributed by atoms with Crippen LogP contribution in [0.1, 0.15) is 80.1 Å². The van der Waals surface area contributed by atoms with E-state index in [4.69, 9.17) is 82.2 Å². The van der Waals surface area contributed by atoms with Crippen molar-refractivity contribution in [2.45, 2.75) is 97.3 Å². The number of Topliss-reactive ketones (excluding diaryl/α,β-unsaturated/α-hetero) is 1. The van der Waals surface area contributed by atoms with Gasteiger partial charge in [0.2, 0.25) is 17.7 Å². The number of azide groups is 2. The maximum absolute atomic E-state index is 14.0. The molecule has 4 amide bonds. The lowest BCUT2D eigenvalue weighted by atomic mass is 9.91. The number of unbranched alkanes of at least 4 members (excludes halogenated alkanes) is 1. The smallest absolute Gasteiger partial charge is 0.431 e. The fourth-order valence-corrected chi connectivity index (χ4v) is 6.31. The third-order valence-corrected chi connectivity index (χ3v) is 9.94. The monoisotopic (exact) mass is 1180 g/mol. The van der Waals surface area contributed by atoms with Crippen molar-refractivity contribution < 1.29 is 99.9 Å². The van der Waals surface area contributed by atoms with Crippen molar-refractivity contribution in [2.24, 2.45) is 16.1 Å². The zero-order valence-electron chi connectivity index (χ0n) is 49.2. The van der Waals surface area contributed by atoms with Crippen LogP contribution in [-0.4, -0.2) is 244 Å². The number of amides is 4. The minimum atomic E-state index is -1.03. The molecule has 31 heteroatoms. The number of hydrogen-bond donors (Lipinski definition) is 4. The highest BCUT2D eigenvalue weighted by molar-refractivity contribution is 5.92. The molecule has 0 aromatic rings. The third kappa shape index (κ3) is 55.5. The average Bonchev–Trinajstić information content (AvgIpc) is 3.42. The number of carbonyl (C=O) groups excluding carboxylic acids is 6. The lowest BCUT2D eigenvalue weighted by Crippen LogP contribution is -2.44. The molecule has 82 heavy (non-hydrogen) atoms. The summed E-state index contributed by atoms with van der Waals surface area (Å²) in [5.41, 5.74) is 17.2. The van der Waals surface area contributed by atoms with Crippen LogP contribution >= 0.6 is 0 Å². The van der Waals surface area contributed by atoms with Crippen molar-refractivity contribution in [3.8, 4) is 0 Å². The molecule has 0 aliphatic carbocycles. The summed E-state index contributed by atoms with van der Waals surface area (Å²) in [5, 5.41) is 15.0. The van der Waals surface area contributed by atoms with Crippen LogP contribution in [0.25, 0.3) is 20.9 Å². The molecule has 0 saturated carbocycles. The number of hydroxylamine groups is 1. The molecule has 0 fully saturated rings. The molecule has 0 spiro atoms. The normalized spacial score (nSPS) is 12.1. The van der Waals surface area contributed by atoms with E-state index >= 15 is 0 Å². The molecule has 0 radical (unpaired) electrons. The molecule has 474 valence electrons. The molecular weight excluding hydrogens is 1090 g/mol. The number of ether oxygens (including phenoxy) is 14. The molecular formula is C51H94N10O21. The predicted molar refractivity (Wildman–Crippen MR) is 293 cm³/mol. The Morgan fingerprint density at radius 3 is 1.33 bits per heavy atom. The summed E-state index contributed by atoms with van der Waals surface area (Å²) < 4.78 is 75.6. The molecule has 0 heterocycles. The zero-order chi connectivity index (χ0) is 60.6. The van der Waals surface area contributed by atoms with E-state index in [0.717, 1.165) is 0 Å². The van der Waals surface area contributed by atoms with Crippen molar-refractivity contribution in [2.75, 3.05) is 191 Å². The fraction of sp³-hybridized carbons (Fsp3) is 0.882. The van der Waals surface area contributed by atoms with E-state index in [0.29, 0.717) is 98.7 Å². The van der Waals surface area contributed by atoms with Gasteiger partial charge in [-0.1, -0.05) is 10.2 Å². The van der Waals surface area contributed by atoms with Crippen LogP contribution in [0.2, 0.25) is 0 Å². The summed E-state index contributed by atoms with van der Waals surface area (Å²) in [6.45, 7) is 16.9. The van der Waals surface area contributed by atoms with Crippen LogP contribution in [-0.2, 0) is 95.1 Å². The summed E-state index contributed by atoms with van der Waals surface area (Å²) in [6, 6.07) is -1.03. The molecule has 0 saturated heterocycles. The summed E-state index contributed by atoms with van der Waals surface area (Å²) in [7, 11) is 0. The molecule has 0 aliphatic heterocycles. The van der Waals surface area contributed by atoms with Gasteiger partial charge in [-0.3, -0.25) is 28.8 Å². The number of carbonyl (C=O) groups is 6. The average molecular weight is 1180 g/mol. The Morgan fingerprint density at radius 1 is 0.463 bits per heavy atom. The molecule has 0 unspecified atom stereocenters. The number of rotatable bonds is 57. The maximum Gasteiger partial charge on any atom is 0.431 e. The van der Waals surface area contributed by atoms with Crippen LogP contribution in [0.15, 0.2) is 10.2 Å². The Hall–Kier alpha value is -5.08. The van der Waals surface area contributed by atoms with Crippen LogP contribution in [0.5, 0.6) is 0 Å². The van der Waals surface area contributed by atoms with E-state index in [1.165, 1.54) is 0 Å². The SMILES string of the molecule is CC(C)(C)OC(=O)CC[C@@H](CC(=O)[C@@H](CCCCNC(=O)COCCOCCOCCOCCOCCN=[N+]=[N-])NC(=O)COCCOCCOCCOCCOCCN=[N+]=[N-])C(=O)NCCOCCOCCONC(=O)OC(C)(C)C. The van der Waals surface area contributed by atoms with Crippen LogP contribution in [0, 0.1) is 5.92 Å². The number of esters is 1. The largest absolute Gasteiger partial charge is 0.460 e. The van der Waals surface area contributed by atoms with E-state index in [9.17, 15) is 28.8 Å². The summed E-state index contributed by atoms with van der Waals surface area (Å²) in [6.07, 6.45) is -0.181. The second kappa shape index (κ2) is 53.9. The Balaban J connectivity index is 5.12. The van der Waals surface area contributed by atoms with Gasteiger partial charge < -0.3 is 82.3 Å². The van der Waals surface area contributed by atoms with Gasteiger partial charge in [0, 0.05) is 54.8 Å². The Kier molecular flexibility index (Phi) is 50.6. The van der Waals surface area contributed by atoms with E-state index in [-0.39, 0.29) is 137 Å². The first-order chi connectivity index (χ1) is 39.5. The molecule has 0 aromatic carbocycles. The third-order valence-electron chi connectivity index (χ3n) is 9.94. The maximum atomic E-state index is 14.0. The van der Waals surface area contributed by atoms with Crippen LogP contribution < -0.4 is 21.4 Å². The first-order valence-electron chi connectivity index (χ1n) is 27.6. The van der Waals surface area contributed by atoms with Crippen LogP contribution in [0.4, 0.5) is 4.79 Å². The topological polar surface area (TPSA) is 387 Å². The highest BCUT2D eigenvalue weighted by atomic mass is 16.7. The number of hydrogen-bond acceptors (Lipinski definition) is 23. The Bertz CT molecular complexity index is 1770. The van der Waals surface area contributed by atoms with E-state index in [1.54, 1.807) is 41.5 Å². The first-order valence-corrected chi connectivity index (χ1v) is 27.6. The van der Waals surface area contributed by atoms with Gasteiger partial charge in [-0.2, -0.15) is 5.48 Å². The Labute approximate surface area is 481 Å². The molecule has 0 aromatic heterocycles. The first kappa shape index (κ1) is 76.9. The minimum Gasteiger partial charge on any atom is -0.460 e. The van der Waals surface area contributed by atoms with Gasteiger partial charge in [0.25, 0.3) is 0 Å². The summed E-state index contributed by atoms with van der Waals surface area (Å²) >= 11 is 0. The lowest BCUT2D eigenvalue weighted by Gasteiger charge is -2.23. The van der Waals surface area contributed by atoms with Crippen molar-refractivity contribution in [3.63, 3.8) is 0 Å². The van der Waals surface area contributed by atoms with E-state index in [2.05, 4.69) is 41.5 Å². The molecule has 0 bridgehead atoms. The quantitative estimate of drug-likeness (QED) is 0.0170. The van der Waals surface area contributed by atoms with Gasteiger partial charge in [-0.05, 0) is 78.3 Å². The highest BCUT2D eigenvalue weighted by Gasteiger charge is 2.29. The second-order valence-electron chi connectivity index (χ2n) is 19.3. The lowest BCUT2D eigenvalue weighted by molar-refractivity contribution is -0.155. The van der Waals surface area contributed by atoms with Gasteiger partial charge in [0.15, 0.2) is 5.78 Å². The fourth-order valence-electron chi connectivity index (χ4n) is 6.31. The van der Waals surface area contributed by atoms with Gasteiger partial charge in [0.1, 0.15) is 24.4 Å². The molecule has 0 rings (SSSR count). The molecule has 2 atom stereocenters. The van der Waals surface area contributed by atoms with Gasteiger partial charge >= 0.3 is 12.1 Å². The van der Waals surface area contributed by atoms with E-state index < -0.39 is 52.8 Å². The molecule has 0 aliphatic rings. The number of nitrogens with zero attached hydrogens (tertiary/aromatic N) is 6. The summed E-state index contributed by atoms with van der Waals surface area (Å²) in [5.74, 6) is -3.37. The van der Waals surface area contributed by atoms with Crippen molar-refractivity contribution in [3.05, 3.63) is 20.9 Å². The highest BCUT2D eigenvalue weighted by Crippen LogP contribution is 2.18.